The van der Waals surface area contributed by atoms with Crippen LogP contribution in [0.3, 0.4) is 0 Å². The van der Waals surface area contributed by atoms with Crippen molar-refractivity contribution < 1.29 is 19.4 Å². The summed E-state index contributed by atoms with van der Waals surface area (Å²) < 4.78 is 5.20. The Bertz CT molecular complexity index is 517. The van der Waals surface area contributed by atoms with E-state index in [1.807, 2.05) is 31.2 Å². The van der Waals surface area contributed by atoms with Crippen LogP contribution in [0.15, 0.2) is 29.2 Å². The molecule has 1 N–H and O–H groups in total. The Hall–Kier alpha value is -1.53. The Balaban J connectivity index is 1.90. The molecule has 5 nitrogen and oxygen atoms in total. The highest BCUT2D eigenvalue weighted by atomic mass is 32.2. The van der Waals surface area contributed by atoms with Gasteiger partial charge >= 0.3 is 5.97 Å². The summed E-state index contributed by atoms with van der Waals surface area (Å²) in [7, 11) is 1.65. The summed E-state index contributed by atoms with van der Waals surface area (Å²) in [4.78, 5) is 25.9. The molecule has 0 aromatic heterocycles. The number of amides is 1. The van der Waals surface area contributed by atoms with Crippen LogP contribution in [0.4, 0.5) is 0 Å². The van der Waals surface area contributed by atoms with Gasteiger partial charge in [0.05, 0.1) is 25.0 Å². The molecule has 0 spiro atoms. The summed E-state index contributed by atoms with van der Waals surface area (Å²) in [5.41, 5.74) is 1.18. The third kappa shape index (κ3) is 3.98. The first-order valence-corrected chi connectivity index (χ1v) is 7.73. The van der Waals surface area contributed by atoms with Crippen molar-refractivity contribution in [3.05, 3.63) is 29.8 Å². The quantitative estimate of drug-likeness (QED) is 0.838. The number of nitrogens with zero attached hydrogens (tertiary/aromatic N) is 1. The molecule has 1 aliphatic heterocycles. The molecule has 2 atom stereocenters. The zero-order valence-corrected chi connectivity index (χ0v) is 12.9. The molecular formula is C15H19NO4S. The highest BCUT2D eigenvalue weighted by molar-refractivity contribution is 8.00. The largest absolute Gasteiger partial charge is 0.481 e. The van der Waals surface area contributed by atoms with Crippen LogP contribution in [0.5, 0.6) is 0 Å². The molecule has 1 aromatic rings. The van der Waals surface area contributed by atoms with E-state index in [2.05, 4.69) is 0 Å². The molecule has 2 unspecified atom stereocenters. The lowest BCUT2D eigenvalue weighted by Crippen LogP contribution is -2.44. The van der Waals surface area contributed by atoms with Gasteiger partial charge in [0.15, 0.2) is 0 Å². The highest BCUT2D eigenvalue weighted by Crippen LogP contribution is 2.22. The second kappa shape index (κ2) is 6.95. The molecule has 6 heteroatoms. The molecule has 114 valence electrons. The maximum Gasteiger partial charge on any atom is 0.311 e. The van der Waals surface area contributed by atoms with Crippen LogP contribution in [0.2, 0.25) is 0 Å². The second-order valence-electron chi connectivity index (χ2n) is 5.16. The SMILES string of the molecule is Cc1ccc(SCC(=O)N(C)C2COCC2C(=O)O)cc1. The van der Waals surface area contributed by atoms with E-state index >= 15 is 0 Å². The van der Waals surface area contributed by atoms with Gasteiger partial charge in [0.2, 0.25) is 5.91 Å². The molecule has 1 heterocycles. The first-order chi connectivity index (χ1) is 9.99. The number of thioether (sulfide) groups is 1. The fourth-order valence-corrected chi connectivity index (χ4v) is 3.05. The van der Waals surface area contributed by atoms with Gasteiger partial charge in [-0.3, -0.25) is 9.59 Å². The standard InChI is InChI=1S/C15H19NO4S/c1-10-3-5-11(6-4-10)21-9-14(17)16(2)13-8-20-7-12(13)15(18)19/h3-6,12-13H,7-9H2,1-2H3,(H,18,19). The Labute approximate surface area is 128 Å². The zero-order chi connectivity index (χ0) is 15.4. The average Bonchev–Trinajstić information content (AvgIpc) is 2.95. The Morgan fingerprint density at radius 3 is 2.62 bits per heavy atom. The van der Waals surface area contributed by atoms with Crippen LogP contribution in [-0.2, 0) is 14.3 Å². The number of hydrogen-bond acceptors (Lipinski definition) is 4. The molecule has 1 amide bonds. The number of rotatable bonds is 5. The van der Waals surface area contributed by atoms with E-state index in [-0.39, 0.29) is 25.2 Å². The van der Waals surface area contributed by atoms with Crippen molar-refractivity contribution >= 4 is 23.6 Å². The minimum atomic E-state index is -0.914. The molecule has 1 aliphatic rings. The van der Waals surface area contributed by atoms with Crippen molar-refractivity contribution in [1.82, 2.24) is 4.90 Å². The highest BCUT2D eigenvalue weighted by Gasteiger charge is 2.38. The number of carbonyl (C=O) groups is 2. The topological polar surface area (TPSA) is 66.8 Å². The van der Waals surface area contributed by atoms with Crippen molar-refractivity contribution in [3.63, 3.8) is 0 Å². The number of aliphatic carboxylic acids is 1. The van der Waals surface area contributed by atoms with Gasteiger partial charge < -0.3 is 14.7 Å². The number of aryl methyl sites for hydroxylation is 1. The fraction of sp³-hybridized carbons (Fsp3) is 0.467. The Morgan fingerprint density at radius 2 is 2.00 bits per heavy atom. The number of carbonyl (C=O) groups excluding carboxylic acids is 1. The molecule has 0 saturated carbocycles. The van der Waals surface area contributed by atoms with Crippen molar-refractivity contribution in [2.75, 3.05) is 26.0 Å². The van der Waals surface area contributed by atoms with Crippen molar-refractivity contribution in [3.8, 4) is 0 Å². The summed E-state index contributed by atoms with van der Waals surface area (Å²) >= 11 is 1.45. The zero-order valence-electron chi connectivity index (χ0n) is 12.1. The lowest BCUT2D eigenvalue weighted by atomic mass is 10.0. The number of benzene rings is 1. The predicted molar refractivity (Wildman–Crippen MR) is 80.4 cm³/mol. The van der Waals surface area contributed by atoms with Crippen molar-refractivity contribution in [2.45, 2.75) is 17.9 Å². The molecule has 2 rings (SSSR count). The summed E-state index contributed by atoms with van der Waals surface area (Å²) in [6.45, 7) is 2.47. The first-order valence-electron chi connectivity index (χ1n) is 6.74. The fourth-order valence-electron chi connectivity index (χ4n) is 2.23. The van der Waals surface area contributed by atoms with E-state index in [0.29, 0.717) is 5.75 Å². The molecule has 1 aromatic carbocycles. The number of likely N-dealkylation sites (N-methyl/N-ethyl adjacent to an activating group) is 1. The summed E-state index contributed by atoms with van der Waals surface area (Å²) in [6, 6.07) is 7.58. The van der Waals surface area contributed by atoms with Gasteiger partial charge in [0.25, 0.3) is 0 Å². The summed E-state index contributed by atoms with van der Waals surface area (Å²) in [5.74, 6) is -1.34. The van der Waals surface area contributed by atoms with Crippen LogP contribution < -0.4 is 0 Å². The molecule has 0 aliphatic carbocycles. The number of hydrogen-bond donors (Lipinski definition) is 1. The van der Waals surface area contributed by atoms with E-state index in [1.54, 1.807) is 7.05 Å². The summed E-state index contributed by atoms with van der Waals surface area (Å²) in [5, 5.41) is 9.13. The predicted octanol–water partition coefficient (Wildman–Crippen LogP) is 1.65. The minimum absolute atomic E-state index is 0.0812. The van der Waals surface area contributed by atoms with Crippen LogP contribution in [0.25, 0.3) is 0 Å². The maximum atomic E-state index is 12.2. The number of ether oxygens (including phenoxy) is 1. The summed E-state index contributed by atoms with van der Waals surface area (Å²) in [6.07, 6.45) is 0. The van der Waals surface area contributed by atoms with E-state index in [1.165, 1.54) is 22.2 Å². The van der Waals surface area contributed by atoms with Gasteiger partial charge in [-0.1, -0.05) is 17.7 Å². The first kappa shape index (κ1) is 15.9. The molecule has 21 heavy (non-hydrogen) atoms. The molecule has 1 saturated heterocycles. The third-order valence-corrected chi connectivity index (χ3v) is 4.64. The minimum Gasteiger partial charge on any atom is -0.481 e. The molecule has 0 radical (unpaired) electrons. The van der Waals surface area contributed by atoms with Gasteiger partial charge in [-0.2, -0.15) is 0 Å². The molecule has 0 bridgehead atoms. The number of carboxylic acids is 1. The Kier molecular flexibility index (Phi) is 5.25. The van der Waals surface area contributed by atoms with Crippen LogP contribution >= 0.6 is 11.8 Å². The normalized spacial score (nSPS) is 21.2. The van der Waals surface area contributed by atoms with Crippen molar-refractivity contribution in [2.24, 2.45) is 5.92 Å². The van der Waals surface area contributed by atoms with Gasteiger partial charge in [-0.05, 0) is 19.1 Å². The second-order valence-corrected chi connectivity index (χ2v) is 6.20. The monoisotopic (exact) mass is 309 g/mol. The van der Waals surface area contributed by atoms with Gasteiger partial charge in [-0.25, -0.2) is 0 Å². The number of carboxylic acid groups (broad SMARTS) is 1. The van der Waals surface area contributed by atoms with Gasteiger partial charge in [0, 0.05) is 11.9 Å². The van der Waals surface area contributed by atoms with E-state index in [4.69, 9.17) is 9.84 Å². The van der Waals surface area contributed by atoms with Crippen molar-refractivity contribution in [1.29, 1.82) is 0 Å². The molecule has 1 fully saturated rings. The van der Waals surface area contributed by atoms with Crippen LogP contribution in [0.1, 0.15) is 5.56 Å². The lowest BCUT2D eigenvalue weighted by molar-refractivity contribution is -0.144. The van der Waals surface area contributed by atoms with E-state index < -0.39 is 11.9 Å². The van der Waals surface area contributed by atoms with Gasteiger partial charge in [-0.15, -0.1) is 11.8 Å². The maximum absolute atomic E-state index is 12.2. The van der Waals surface area contributed by atoms with Crippen LogP contribution in [-0.4, -0.2) is 53.9 Å². The Morgan fingerprint density at radius 1 is 1.33 bits per heavy atom. The van der Waals surface area contributed by atoms with Gasteiger partial charge in [0.1, 0.15) is 5.92 Å². The van der Waals surface area contributed by atoms with E-state index in [0.717, 1.165) is 4.90 Å². The average molecular weight is 309 g/mol. The smallest absolute Gasteiger partial charge is 0.311 e. The molecular weight excluding hydrogens is 290 g/mol. The lowest BCUT2D eigenvalue weighted by Gasteiger charge is -2.26. The van der Waals surface area contributed by atoms with Crippen LogP contribution in [0, 0.1) is 12.8 Å². The van der Waals surface area contributed by atoms with E-state index in [9.17, 15) is 9.59 Å². The third-order valence-electron chi connectivity index (χ3n) is 3.64.